The molecule has 1 N–H and O–H groups in total. The molecule has 2 aromatic rings. The molecule has 2 aliphatic rings. The minimum absolute atomic E-state index is 0.0476. The third-order valence-electron chi connectivity index (χ3n) is 5.91. The zero-order chi connectivity index (χ0) is 20.5. The molecule has 0 saturated carbocycles. The normalized spacial score (nSPS) is 22.3. The van der Waals surface area contributed by atoms with E-state index < -0.39 is 17.9 Å². The lowest BCUT2D eigenvalue weighted by Gasteiger charge is -2.34. The second kappa shape index (κ2) is 7.69. The van der Waals surface area contributed by atoms with Gasteiger partial charge in [-0.05, 0) is 12.5 Å². The average molecular weight is 396 g/mol. The minimum Gasteiger partial charge on any atom is -0.467 e. The third-order valence-corrected chi connectivity index (χ3v) is 5.91. The van der Waals surface area contributed by atoms with Crippen molar-refractivity contribution in [1.29, 1.82) is 0 Å². The van der Waals surface area contributed by atoms with Crippen molar-refractivity contribution in [2.24, 2.45) is 5.92 Å². The minimum atomic E-state index is -0.723. The summed E-state index contributed by atoms with van der Waals surface area (Å²) in [6, 6.07) is 8.92. The van der Waals surface area contributed by atoms with Crippen molar-refractivity contribution < 1.29 is 19.1 Å². The molecule has 1 aromatic carbocycles. The highest BCUT2D eigenvalue weighted by atomic mass is 16.5. The van der Waals surface area contributed by atoms with E-state index in [1.807, 2.05) is 37.3 Å². The molecule has 3 atom stereocenters. The van der Waals surface area contributed by atoms with Crippen molar-refractivity contribution in [3.63, 3.8) is 0 Å². The highest BCUT2D eigenvalue weighted by Gasteiger charge is 2.43. The van der Waals surface area contributed by atoms with Crippen molar-refractivity contribution in [3.05, 3.63) is 53.6 Å². The van der Waals surface area contributed by atoms with Crippen LogP contribution >= 0.6 is 0 Å². The number of fused-ring (bicyclic) bond motifs is 1. The standard InChI is InChI=1S/C21H24N4O4/c1-13(14-6-4-3-5-7-14)24-10-15(8-19(24)26)20(27)25-11-17-16(22-12-23-17)9-18(25)21(28)29-2/h3-7,12-13,15,18H,8-11H2,1-2H3,(H,22,23). The number of ether oxygens (including phenoxy) is 1. The fraction of sp³-hybridized carbons (Fsp3) is 0.429. The van der Waals surface area contributed by atoms with E-state index in [1.54, 1.807) is 11.2 Å². The number of aromatic amines is 1. The molecule has 0 radical (unpaired) electrons. The summed E-state index contributed by atoms with van der Waals surface area (Å²) >= 11 is 0. The van der Waals surface area contributed by atoms with E-state index in [0.717, 1.165) is 17.0 Å². The quantitative estimate of drug-likeness (QED) is 0.789. The van der Waals surface area contributed by atoms with E-state index in [4.69, 9.17) is 4.74 Å². The highest BCUT2D eigenvalue weighted by molar-refractivity contribution is 5.92. The highest BCUT2D eigenvalue weighted by Crippen LogP contribution is 2.31. The van der Waals surface area contributed by atoms with E-state index in [1.165, 1.54) is 12.0 Å². The topological polar surface area (TPSA) is 95.6 Å². The Morgan fingerprint density at radius 2 is 2.00 bits per heavy atom. The maximum absolute atomic E-state index is 13.3. The molecule has 0 bridgehead atoms. The molecule has 1 aromatic heterocycles. The Bertz CT molecular complexity index is 926. The number of methoxy groups -OCH3 is 1. The van der Waals surface area contributed by atoms with Gasteiger partial charge in [-0.1, -0.05) is 30.3 Å². The maximum atomic E-state index is 13.3. The Labute approximate surface area is 168 Å². The summed E-state index contributed by atoms with van der Waals surface area (Å²) in [5.41, 5.74) is 2.62. The van der Waals surface area contributed by atoms with Gasteiger partial charge < -0.3 is 19.5 Å². The number of nitrogens with one attached hydrogen (secondary N) is 1. The first-order valence-corrected chi connectivity index (χ1v) is 9.73. The zero-order valence-corrected chi connectivity index (χ0v) is 16.5. The van der Waals surface area contributed by atoms with Crippen LogP contribution in [-0.4, -0.2) is 57.2 Å². The van der Waals surface area contributed by atoms with Crippen LogP contribution in [0.4, 0.5) is 0 Å². The van der Waals surface area contributed by atoms with Crippen molar-refractivity contribution in [2.75, 3.05) is 13.7 Å². The molecule has 3 unspecified atom stereocenters. The Morgan fingerprint density at radius 3 is 2.72 bits per heavy atom. The van der Waals surface area contributed by atoms with Crippen molar-refractivity contribution in [1.82, 2.24) is 19.8 Å². The van der Waals surface area contributed by atoms with Crippen LogP contribution in [0.2, 0.25) is 0 Å². The van der Waals surface area contributed by atoms with Crippen LogP contribution in [0.3, 0.4) is 0 Å². The van der Waals surface area contributed by atoms with Crippen molar-refractivity contribution in [2.45, 2.75) is 38.4 Å². The van der Waals surface area contributed by atoms with Gasteiger partial charge in [0.2, 0.25) is 11.8 Å². The van der Waals surface area contributed by atoms with Gasteiger partial charge in [0.05, 0.1) is 43.3 Å². The molecule has 3 heterocycles. The van der Waals surface area contributed by atoms with Gasteiger partial charge in [0.15, 0.2) is 0 Å². The average Bonchev–Trinajstić information content (AvgIpc) is 3.37. The van der Waals surface area contributed by atoms with Gasteiger partial charge in [-0.3, -0.25) is 9.59 Å². The number of hydrogen-bond acceptors (Lipinski definition) is 5. The number of aromatic nitrogens is 2. The molecule has 1 saturated heterocycles. The molecule has 8 heteroatoms. The SMILES string of the molecule is COC(=O)C1Cc2nc[nH]c2CN1C(=O)C1CC(=O)N(C(C)c2ccccc2)C1. The number of hydrogen-bond donors (Lipinski definition) is 1. The molecular formula is C21H24N4O4. The Hall–Kier alpha value is -3.16. The molecule has 1 fully saturated rings. The molecule has 0 aliphatic carbocycles. The molecular weight excluding hydrogens is 372 g/mol. The number of carbonyl (C=O) groups excluding carboxylic acids is 3. The predicted molar refractivity (Wildman–Crippen MR) is 103 cm³/mol. The molecule has 2 amide bonds. The van der Waals surface area contributed by atoms with Crippen molar-refractivity contribution in [3.8, 4) is 0 Å². The summed E-state index contributed by atoms with van der Waals surface area (Å²) < 4.78 is 4.91. The van der Waals surface area contributed by atoms with E-state index in [-0.39, 0.29) is 30.8 Å². The van der Waals surface area contributed by atoms with Crippen LogP contribution in [0.5, 0.6) is 0 Å². The molecule has 4 rings (SSSR count). The number of nitrogens with zero attached hydrogens (tertiary/aromatic N) is 3. The van der Waals surface area contributed by atoms with Gasteiger partial charge in [-0.15, -0.1) is 0 Å². The van der Waals surface area contributed by atoms with Crippen LogP contribution in [0, 0.1) is 5.92 Å². The number of likely N-dealkylation sites (tertiary alicyclic amines) is 1. The summed E-state index contributed by atoms with van der Waals surface area (Å²) in [5, 5.41) is 0. The number of amides is 2. The van der Waals surface area contributed by atoms with Gasteiger partial charge in [0.1, 0.15) is 6.04 Å². The van der Waals surface area contributed by atoms with E-state index >= 15 is 0 Å². The lowest BCUT2D eigenvalue weighted by molar-refractivity contribution is -0.155. The fourth-order valence-corrected chi connectivity index (χ4v) is 4.23. The second-order valence-electron chi connectivity index (χ2n) is 7.57. The van der Waals surface area contributed by atoms with Gasteiger partial charge >= 0.3 is 5.97 Å². The van der Waals surface area contributed by atoms with Crippen LogP contribution in [0.25, 0.3) is 0 Å². The van der Waals surface area contributed by atoms with E-state index in [0.29, 0.717) is 13.0 Å². The Balaban J connectivity index is 1.53. The van der Waals surface area contributed by atoms with E-state index in [2.05, 4.69) is 9.97 Å². The fourth-order valence-electron chi connectivity index (χ4n) is 4.23. The lowest BCUT2D eigenvalue weighted by atomic mass is 9.98. The smallest absolute Gasteiger partial charge is 0.329 e. The summed E-state index contributed by atoms with van der Waals surface area (Å²) in [7, 11) is 1.31. The van der Waals surface area contributed by atoms with Gasteiger partial charge in [-0.25, -0.2) is 9.78 Å². The Morgan fingerprint density at radius 1 is 1.24 bits per heavy atom. The predicted octanol–water partition coefficient (Wildman–Crippen LogP) is 1.45. The number of carbonyl (C=O) groups is 3. The molecule has 29 heavy (non-hydrogen) atoms. The second-order valence-corrected chi connectivity index (χ2v) is 7.57. The molecule has 0 spiro atoms. The first kappa shape index (κ1) is 19.2. The van der Waals surface area contributed by atoms with Crippen molar-refractivity contribution >= 4 is 17.8 Å². The summed E-state index contributed by atoms with van der Waals surface area (Å²) in [6.45, 7) is 2.57. The largest absolute Gasteiger partial charge is 0.467 e. The van der Waals surface area contributed by atoms with Gasteiger partial charge in [0.25, 0.3) is 0 Å². The first-order valence-electron chi connectivity index (χ1n) is 9.73. The number of imidazole rings is 1. The molecule has 152 valence electrons. The monoisotopic (exact) mass is 396 g/mol. The Kier molecular flexibility index (Phi) is 5.08. The van der Waals surface area contributed by atoms with Crippen LogP contribution in [0.1, 0.15) is 36.3 Å². The number of H-pyrrole nitrogens is 1. The molecule has 2 aliphatic heterocycles. The summed E-state index contributed by atoms with van der Waals surface area (Å²) in [5.74, 6) is -1.19. The zero-order valence-electron chi connectivity index (χ0n) is 16.5. The van der Waals surface area contributed by atoms with Crippen LogP contribution in [0.15, 0.2) is 36.7 Å². The van der Waals surface area contributed by atoms with Gasteiger partial charge in [0, 0.05) is 19.4 Å². The molecule has 8 nitrogen and oxygen atoms in total. The first-order chi connectivity index (χ1) is 14.0. The maximum Gasteiger partial charge on any atom is 0.329 e. The summed E-state index contributed by atoms with van der Waals surface area (Å²) in [4.78, 5) is 48.8. The number of rotatable bonds is 4. The number of benzene rings is 1. The van der Waals surface area contributed by atoms with Crippen LogP contribution < -0.4 is 0 Å². The van der Waals surface area contributed by atoms with Crippen LogP contribution in [-0.2, 0) is 32.1 Å². The van der Waals surface area contributed by atoms with E-state index in [9.17, 15) is 14.4 Å². The lowest BCUT2D eigenvalue weighted by Crippen LogP contribution is -2.51. The summed E-state index contributed by atoms with van der Waals surface area (Å²) in [6.07, 6.45) is 2.02. The number of esters is 1. The van der Waals surface area contributed by atoms with Gasteiger partial charge in [-0.2, -0.15) is 0 Å². The third kappa shape index (κ3) is 3.50.